The normalized spacial score (nSPS) is 22.6. The van der Waals surface area contributed by atoms with E-state index in [1.54, 1.807) is 36.4 Å². The Morgan fingerprint density at radius 3 is 2.22 bits per heavy atom. The van der Waals surface area contributed by atoms with Gasteiger partial charge in [-0.1, -0.05) is 46.6 Å². The molecule has 1 aliphatic carbocycles. The highest BCUT2D eigenvalue weighted by Gasteiger charge is 2.52. The summed E-state index contributed by atoms with van der Waals surface area (Å²) in [5.41, 5.74) is 0.620. The molecule has 1 saturated heterocycles. The third-order valence-corrected chi connectivity index (χ3v) is 6.97. The van der Waals surface area contributed by atoms with Crippen LogP contribution in [0.1, 0.15) is 46.9 Å². The molecular formula is C24H22BrClN2O4. The monoisotopic (exact) mass is 516 g/mol. The predicted molar refractivity (Wildman–Crippen MR) is 123 cm³/mol. The molecule has 32 heavy (non-hydrogen) atoms. The van der Waals surface area contributed by atoms with Crippen LogP contribution in [0.5, 0.6) is 0 Å². The number of hydrogen-bond acceptors (Lipinski definition) is 4. The minimum atomic E-state index is -0.597. The Labute approximate surface area is 199 Å². The van der Waals surface area contributed by atoms with Crippen molar-refractivity contribution in [2.24, 2.45) is 17.8 Å². The van der Waals surface area contributed by atoms with Crippen LogP contribution in [-0.4, -0.2) is 40.1 Å². The molecule has 4 rings (SSSR count). The Hall–Kier alpha value is -2.51. The SMILES string of the molecule is C[C@@H]1CC[C@@H]2C(=O)N(N(CC(=O)c3ccc(Br)cc3)C(=O)c3ccc(Cl)cc3)C(=O)[C@H]2C1. The van der Waals surface area contributed by atoms with E-state index in [1.165, 1.54) is 12.1 Å². The van der Waals surface area contributed by atoms with Gasteiger partial charge in [-0.05, 0) is 61.6 Å². The van der Waals surface area contributed by atoms with Crippen LogP contribution in [-0.2, 0) is 9.59 Å². The number of halogens is 2. The molecule has 0 spiro atoms. The van der Waals surface area contributed by atoms with Crippen molar-refractivity contribution in [2.45, 2.75) is 26.2 Å². The van der Waals surface area contributed by atoms with Crippen molar-refractivity contribution < 1.29 is 19.2 Å². The molecule has 2 fully saturated rings. The van der Waals surface area contributed by atoms with Gasteiger partial charge in [-0.3, -0.25) is 19.2 Å². The van der Waals surface area contributed by atoms with Crippen LogP contribution >= 0.6 is 27.5 Å². The van der Waals surface area contributed by atoms with Gasteiger partial charge in [0.05, 0.1) is 11.8 Å². The highest BCUT2D eigenvalue weighted by Crippen LogP contribution is 2.41. The van der Waals surface area contributed by atoms with Gasteiger partial charge in [-0.2, -0.15) is 5.01 Å². The van der Waals surface area contributed by atoms with Crippen molar-refractivity contribution in [1.82, 2.24) is 10.0 Å². The molecule has 8 heteroatoms. The van der Waals surface area contributed by atoms with Crippen LogP contribution in [0.15, 0.2) is 53.0 Å². The van der Waals surface area contributed by atoms with Gasteiger partial charge in [0.1, 0.15) is 6.54 Å². The zero-order chi connectivity index (χ0) is 23.0. The van der Waals surface area contributed by atoms with Crippen molar-refractivity contribution >= 4 is 51.0 Å². The first kappa shape index (κ1) is 22.7. The Bertz CT molecular complexity index is 1070. The van der Waals surface area contributed by atoms with Gasteiger partial charge in [0.25, 0.3) is 17.7 Å². The third-order valence-electron chi connectivity index (χ3n) is 6.19. The van der Waals surface area contributed by atoms with E-state index in [2.05, 4.69) is 22.9 Å². The minimum Gasteiger partial charge on any atom is -0.292 e. The molecule has 1 aliphatic heterocycles. The second-order valence-electron chi connectivity index (χ2n) is 8.42. The molecule has 0 unspecified atom stereocenters. The molecule has 0 bridgehead atoms. The summed E-state index contributed by atoms with van der Waals surface area (Å²) < 4.78 is 0.811. The van der Waals surface area contributed by atoms with Crippen LogP contribution < -0.4 is 0 Å². The summed E-state index contributed by atoms with van der Waals surface area (Å²) in [5, 5.41) is 2.37. The highest BCUT2D eigenvalue weighted by atomic mass is 79.9. The van der Waals surface area contributed by atoms with Crippen molar-refractivity contribution in [3.05, 3.63) is 69.2 Å². The number of benzene rings is 2. The second kappa shape index (κ2) is 9.16. The van der Waals surface area contributed by atoms with Crippen LogP contribution in [0.3, 0.4) is 0 Å². The molecule has 166 valence electrons. The molecule has 3 amide bonds. The first-order chi connectivity index (χ1) is 15.3. The summed E-state index contributed by atoms with van der Waals surface area (Å²) in [6.07, 6.45) is 2.07. The molecule has 6 nitrogen and oxygen atoms in total. The van der Waals surface area contributed by atoms with Crippen LogP contribution in [0, 0.1) is 17.8 Å². The first-order valence-corrected chi connectivity index (χ1v) is 11.7. The summed E-state index contributed by atoms with van der Waals surface area (Å²) in [4.78, 5) is 52.9. The average Bonchev–Trinajstić information content (AvgIpc) is 3.02. The fourth-order valence-electron chi connectivity index (χ4n) is 4.45. The van der Waals surface area contributed by atoms with E-state index in [4.69, 9.17) is 11.6 Å². The van der Waals surface area contributed by atoms with Crippen molar-refractivity contribution in [2.75, 3.05) is 6.54 Å². The molecule has 0 N–H and O–H groups in total. The Balaban J connectivity index is 1.68. The van der Waals surface area contributed by atoms with E-state index in [-0.39, 0.29) is 11.3 Å². The Morgan fingerprint density at radius 2 is 1.56 bits per heavy atom. The van der Waals surface area contributed by atoms with Gasteiger partial charge >= 0.3 is 0 Å². The molecule has 3 atom stereocenters. The maximum absolute atomic E-state index is 13.4. The summed E-state index contributed by atoms with van der Waals surface area (Å²) >= 11 is 9.27. The Morgan fingerprint density at radius 1 is 0.969 bits per heavy atom. The molecular weight excluding hydrogens is 496 g/mol. The molecule has 1 saturated carbocycles. The number of carbonyl (C=O) groups is 4. The number of carbonyl (C=O) groups excluding carboxylic acids is 4. The van der Waals surface area contributed by atoms with E-state index in [0.29, 0.717) is 29.3 Å². The lowest BCUT2D eigenvalue weighted by molar-refractivity contribution is -0.154. The van der Waals surface area contributed by atoms with Crippen molar-refractivity contribution in [1.29, 1.82) is 0 Å². The smallest absolute Gasteiger partial charge is 0.273 e. The van der Waals surface area contributed by atoms with Crippen LogP contribution in [0.4, 0.5) is 0 Å². The first-order valence-electron chi connectivity index (χ1n) is 10.5. The van der Waals surface area contributed by atoms with Crippen LogP contribution in [0.2, 0.25) is 5.02 Å². The number of hydrazine groups is 1. The number of nitrogens with zero attached hydrogens (tertiary/aromatic N) is 2. The molecule has 0 radical (unpaired) electrons. The largest absolute Gasteiger partial charge is 0.292 e. The quantitative estimate of drug-likeness (QED) is 0.423. The molecule has 1 heterocycles. The van der Waals surface area contributed by atoms with E-state index in [9.17, 15) is 19.2 Å². The van der Waals surface area contributed by atoms with E-state index >= 15 is 0 Å². The number of ketones is 1. The number of Topliss-reactive ketones (excluding diaryl/α,β-unsaturated/α-hetero) is 1. The van der Waals surface area contributed by atoms with E-state index < -0.39 is 36.1 Å². The maximum Gasteiger partial charge on any atom is 0.273 e. The topological polar surface area (TPSA) is 74.8 Å². The highest BCUT2D eigenvalue weighted by molar-refractivity contribution is 9.10. The lowest BCUT2D eigenvalue weighted by atomic mass is 9.76. The zero-order valence-corrected chi connectivity index (χ0v) is 19.8. The molecule has 2 aromatic carbocycles. The fourth-order valence-corrected chi connectivity index (χ4v) is 4.84. The van der Waals surface area contributed by atoms with E-state index in [1.807, 2.05) is 0 Å². The number of amides is 3. The lowest BCUT2D eigenvalue weighted by Gasteiger charge is -2.30. The standard InChI is InChI=1S/C24H22BrClN2O4/c1-14-2-11-19-20(12-14)24(32)28(23(19)31)27(22(30)16-5-9-18(26)10-6-16)13-21(29)15-3-7-17(25)8-4-15/h3-10,14,19-20H,2,11-13H2,1H3/t14-,19+,20+/m1/s1. The Kier molecular flexibility index (Phi) is 6.49. The molecule has 0 aromatic heterocycles. The number of hydrogen-bond donors (Lipinski definition) is 0. The fraction of sp³-hybridized carbons (Fsp3) is 0.333. The second-order valence-corrected chi connectivity index (χ2v) is 9.77. The van der Waals surface area contributed by atoms with Gasteiger partial charge in [-0.15, -0.1) is 0 Å². The summed E-state index contributed by atoms with van der Waals surface area (Å²) in [6, 6.07) is 12.8. The van der Waals surface area contributed by atoms with Gasteiger partial charge in [0, 0.05) is 20.6 Å². The predicted octanol–water partition coefficient (Wildman–Crippen LogP) is 4.76. The lowest BCUT2D eigenvalue weighted by Crippen LogP contribution is -2.52. The third kappa shape index (κ3) is 4.36. The summed E-state index contributed by atoms with van der Waals surface area (Å²) in [5.74, 6) is -2.34. The van der Waals surface area contributed by atoms with Gasteiger partial charge in [-0.25, -0.2) is 5.01 Å². The molecule has 2 aliphatic rings. The van der Waals surface area contributed by atoms with Crippen molar-refractivity contribution in [3.8, 4) is 0 Å². The van der Waals surface area contributed by atoms with Crippen molar-refractivity contribution in [3.63, 3.8) is 0 Å². The van der Waals surface area contributed by atoms with Gasteiger partial charge < -0.3 is 0 Å². The summed E-state index contributed by atoms with van der Waals surface area (Å²) in [6.45, 7) is 1.64. The number of fused-ring (bicyclic) bond motifs is 1. The average molecular weight is 518 g/mol. The molecule has 2 aromatic rings. The maximum atomic E-state index is 13.4. The number of rotatable bonds is 5. The summed E-state index contributed by atoms with van der Waals surface area (Å²) in [7, 11) is 0. The minimum absolute atomic E-state index is 0.238. The van der Waals surface area contributed by atoms with E-state index in [0.717, 1.165) is 20.9 Å². The van der Waals surface area contributed by atoms with Gasteiger partial charge in [0.15, 0.2) is 5.78 Å². The van der Waals surface area contributed by atoms with Gasteiger partial charge in [0.2, 0.25) is 0 Å². The number of imide groups is 1. The zero-order valence-electron chi connectivity index (χ0n) is 17.5. The van der Waals surface area contributed by atoms with Crippen LogP contribution in [0.25, 0.3) is 0 Å².